The van der Waals surface area contributed by atoms with Crippen LogP contribution in [0.3, 0.4) is 0 Å². The van der Waals surface area contributed by atoms with Crippen molar-refractivity contribution in [3.8, 4) is 0 Å². The lowest BCUT2D eigenvalue weighted by Gasteiger charge is -2.04. The molecule has 1 rings (SSSR count). The molecule has 0 aromatic rings. The second-order valence-electron chi connectivity index (χ2n) is 1.42. The van der Waals surface area contributed by atoms with E-state index in [1.807, 2.05) is 0 Å². The molecule has 0 atom stereocenters. The molecule has 0 amide bonds. The molecule has 0 aromatic heterocycles. The number of amidine groups is 1. The van der Waals surface area contributed by atoms with Gasteiger partial charge in [-0.1, -0.05) is 11.8 Å². The van der Waals surface area contributed by atoms with E-state index in [9.17, 15) is 0 Å². The number of hydrogen-bond acceptors (Lipinski definition) is 3. The number of nitrogens with zero attached hydrogens (tertiary/aromatic N) is 1. The van der Waals surface area contributed by atoms with Crippen LogP contribution in [0.2, 0.25) is 0 Å². The predicted octanol–water partition coefficient (Wildman–Crippen LogP) is 1.02. The highest BCUT2D eigenvalue weighted by Gasteiger charge is 1.97. The van der Waals surface area contributed by atoms with Crippen LogP contribution < -0.4 is 5.73 Å². The van der Waals surface area contributed by atoms with Crippen molar-refractivity contribution in [2.75, 3.05) is 12.3 Å². The first kappa shape index (κ1) is 8.30. The van der Waals surface area contributed by atoms with Gasteiger partial charge in [0.1, 0.15) is 0 Å². The zero-order valence-corrected chi connectivity index (χ0v) is 6.99. The molecule has 0 aliphatic carbocycles. The molecular weight excluding hydrogens is 188 g/mol. The largest absolute Gasteiger partial charge is 0.379 e. The van der Waals surface area contributed by atoms with Gasteiger partial charge in [-0.15, -0.1) is 17.0 Å². The van der Waals surface area contributed by atoms with Crippen molar-refractivity contribution in [3.05, 3.63) is 0 Å². The van der Waals surface area contributed by atoms with Gasteiger partial charge in [0, 0.05) is 12.3 Å². The van der Waals surface area contributed by atoms with Crippen LogP contribution in [0, 0.1) is 0 Å². The van der Waals surface area contributed by atoms with Crippen molar-refractivity contribution >= 4 is 33.9 Å². The van der Waals surface area contributed by atoms with Gasteiger partial charge in [0.25, 0.3) is 0 Å². The molecule has 0 radical (unpaired) electrons. The van der Waals surface area contributed by atoms with Crippen molar-refractivity contribution in [2.24, 2.45) is 10.7 Å². The van der Waals surface area contributed by atoms with E-state index in [-0.39, 0.29) is 17.0 Å². The van der Waals surface area contributed by atoms with E-state index in [1.54, 1.807) is 11.8 Å². The molecule has 4 heteroatoms. The first-order valence-corrected chi connectivity index (χ1v) is 3.31. The van der Waals surface area contributed by atoms with E-state index >= 15 is 0 Å². The van der Waals surface area contributed by atoms with Crippen LogP contribution in [0.25, 0.3) is 0 Å². The van der Waals surface area contributed by atoms with Crippen molar-refractivity contribution < 1.29 is 0 Å². The average Bonchev–Trinajstić information content (AvgIpc) is 1.69. The van der Waals surface area contributed by atoms with Gasteiger partial charge in [0.15, 0.2) is 5.17 Å². The summed E-state index contributed by atoms with van der Waals surface area (Å²) in [6, 6.07) is 0. The summed E-state index contributed by atoms with van der Waals surface area (Å²) in [6.45, 7) is 0.929. The third-order valence-corrected chi connectivity index (χ3v) is 1.74. The van der Waals surface area contributed by atoms with Gasteiger partial charge >= 0.3 is 0 Å². The van der Waals surface area contributed by atoms with Crippen LogP contribution in [0.4, 0.5) is 0 Å². The first-order valence-electron chi connectivity index (χ1n) is 2.32. The predicted molar refractivity (Wildman–Crippen MR) is 43.9 cm³/mol. The van der Waals surface area contributed by atoms with E-state index in [0.29, 0.717) is 0 Å². The summed E-state index contributed by atoms with van der Waals surface area (Å²) < 4.78 is 0. The Kier molecular flexibility index (Phi) is 4.36. The van der Waals surface area contributed by atoms with Crippen LogP contribution in [0.1, 0.15) is 6.42 Å². The van der Waals surface area contributed by atoms with E-state index < -0.39 is 0 Å². The van der Waals surface area contributed by atoms with Crippen LogP contribution in [-0.2, 0) is 0 Å². The summed E-state index contributed by atoms with van der Waals surface area (Å²) >= 11 is 1.65. The molecule has 2 nitrogen and oxygen atoms in total. The molecule has 0 fully saturated rings. The Labute approximate surface area is 63.7 Å². The van der Waals surface area contributed by atoms with Crippen molar-refractivity contribution in [1.82, 2.24) is 0 Å². The fraction of sp³-hybridized carbons (Fsp3) is 0.750. The van der Waals surface area contributed by atoms with Gasteiger partial charge in [-0.2, -0.15) is 0 Å². The van der Waals surface area contributed by atoms with Gasteiger partial charge in [-0.05, 0) is 6.42 Å². The molecule has 0 unspecified atom stereocenters. The Morgan fingerprint density at radius 3 is 2.62 bits per heavy atom. The molecule has 1 heterocycles. The third-order valence-electron chi connectivity index (χ3n) is 0.820. The van der Waals surface area contributed by atoms with Gasteiger partial charge in [0.2, 0.25) is 0 Å². The lowest BCUT2D eigenvalue weighted by molar-refractivity contribution is 0.936. The number of halogens is 1. The van der Waals surface area contributed by atoms with Crippen LogP contribution in [-0.4, -0.2) is 17.5 Å². The van der Waals surface area contributed by atoms with Gasteiger partial charge in [-0.25, -0.2) is 0 Å². The minimum absolute atomic E-state index is 0. The fourth-order valence-corrected chi connectivity index (χ4v) is 1.14. The van der Waals surface area contributed by atoms with Crippen LogP contribution >= 0.6 is 28.7 Å². The number of rotatable bonds is 0. The summed E-state index contributed by atoms with van der Waals surface area (Å²) in [5.74, 6) is 1.15. The normalized spacial score (nSPS) is 18.8. The van der Waals surface area contributed by atoms with Gasteiger partial charge in [0.05, 0.1) is 0 Å². The molecule has 0 spiro atoms. The average molecular weight is 197 g/mol. The van der Waals surface area contributed by atoms with Crippen molar-refractivity contribution in [3.63, 3.8) is 0 Å². The maximum atomic E-state index is 5.35. The highest BCUT2D eigenvalue weighted by molar-refractivity contribution is 8.93. The van der Waals surface area contributed by atoms with Gasteiger partial charge in [-0.3, -0.25) is 4.99 Å². The quantitative estimate of drug-likeness (QED) is 0.629. The Morgan fingerprint density at radius 2 is 2.38 bits per heavy atom. The fourth-order valence-electron chi connectivity index (χ4n) is 0.476. The lowest BCUT2D eigenvalue weighted by atomic mass is 10.5. The highest BCUT2D eigenvalue weighted by atomic mass is 79.9. The van der Waals surface area contributed by atoms with Crippen LogP contribution in [0.15, 0.2) is 4.99 Å². The monoisotopic (exact) mass is 196 g/mol. The molecule has 8 heavy (non-hydrogen) atoms. The Hall–Kier alpha value is 0.300. The topological polar surface area (TPSA) is 38.4 Å². The van der Waals surface area contributed by atoms with E-state index in [0.717, 1.165) is 17.5 Å². The zero-order valence-electron chi connectivity index (χ0n) is 4.46. The summed E-state index contributed by atoms with van der Waals surface area (Å²) in [7, 11) is 0. The number of thioether (sulfide) groups is 1. The second kappa shape index (κ2) is 4.21. The summed E-state index contributed by atoms with van der Waals surface area (Å²) in [4.78, 5) is 3.99. The Morgan fingerprint density at radius 1 is 1.62 bits per heavy atom. The molecule has 1 aliphatic rings. The molecule has 0 saturated heterocycles. The maximum Gasteiger partial charge on any atom is 0.153 e. The van der Waals surface area contributed by atoms with E-state index in [4.69, 9.17) is 5.73 Å². The number of nitrogens with two attached hydrogens (primary N) is 1. The minimum Gasteiger partial charge on any atom is -0.379 e. The van der Waals surface area contributed by atoms with Crippen LogP contribution in [0.5, 0.6) is 0 Å². The zero-order chi connectivity index (χ0) is 5.11. The minimum atomic E-state index is 0. The molecule has 48 valence electrons. The lowest BCUT2D eigenvalue weighted by Crippen LogP contribution is -2.12. The molecule has 1 aliphatic heterocycles. The van der Waals surface area contributed by atoms with E-state index in [2.05, 4.69) is 4.99 Å². The molecule has 0 saturated carbocycles. The Bertz CT molecular complexity index is 94.0. The maximum absolute atomic E-state index is 5.35. The second-order valence-corrected chi connectivity index (χ2v) is 2.54. The molecule has 2 N–H and O–H groups in total. The number of aliphatic imine (C=N–C) groups is 1. The third kappa shape index (κ3) is 2.57. The number of hydrogen-bond donors (Lipinski definition) is 1. The van der Waals surface area contributed by atoms with E-state index in [1.165, 1.54) is 6.42 Å². The molecular formula is C4H9BrN2S. The SMILES string of the molecule is Br.NC1=NCCCS1. The summed E-state index contributed by atoms with van der Waals surface area (Å²) in [5.41, 5.74) is 5.35. The van der Waals surface area contributed by atoms with Crippen molar-refractivity contribution in [2.45, 2.75) is 6.42 Å². The Balaban J connectivity index is 0.000000490. The smallest absolute Gasteiger partial charge is 0.153 e. The van der Waals surface area contributed by atoms with Gasteiger partial charge < -0.3 is 5.73 Å². The molecule has 0 bridgehead atoms. The summed E-state index contributed by atoms with van der Waals surface area (Å²) in [6.07, 6.45) is 1.19. The summed E-state index contributed by atoms with van der Waals surface area (Å²) in [5, 5.41) is 0.756. The standard InChI is InChI=1S/C4H8N2S.BrH/c5-4-6-2-1-3-7-4;/h1-3H2,(H2,5,6);1H. The first-order chi connectivity index (χ1) is 3.39. The van der Waals surface area contributed by atoms with Crippen molar-refractivity contribution in [1.29, 1.82) is 0 Å². The highest BCUT2D eigenvalue weighted by Crippen LogP contribution is 2.07. The molecule has 0 aromatic carbocycles.